The molecule has 0 aromatic carbocycles. The molecule has 0 amide bonds. The zero-order valence-electron chi connectivity index (χ0n) is 7.48. The molecular formula is C8H11N3O2. The molecule has 0 unspecified atom stereocenters. The van der Waals surface area contributed by atoms with Crippen LogP contribution in [0.1, 0.15) is 36.1 Å². The summed E-state index contributed by atoms with van der Waals surface area (Å²) in [6.07, 6.45) is 1.33. The molecule has 70 valence electrons. The third kappa shape index (κ3) is 1.93. The van der Waals surface area contributed by atoms with Crippen molar-refractivity contribution in [2.45, 2.75) is 19.8 Å². The van der Waals surface area contributed by atoms with E-state index in [2.05, 4.69) is 9.97 Å². The van der Waals surface area contributed by atoms with Gasteiger partial charge in [-0.1, -0.05) is 13.8 Å². The highest BCUT2D eigenvalue weighted by Crippen LogP contribution is 2.12. The molecule has 0 spiro atoms. The molecule has 0 aliphatic rings. The van der Waals surface area contributed by atoms with Gasteiger partial charge in [0.1, 0.15) is 5.82 Å². The van der Waals surface area contributed by atoms with E-state index >= 15 is 0 Å². The molecule has 0 atom stereocenters. The van der Waals surface area contributed by atoms with Crippen molar-refractivity contribution in [1.82, 2.24) is 9.97 Å². The monoisotopic (exact) mass is 181 g/mol. The smallest absolute Gasteiger partial charge is 0.356 e. The first kappa shape index (κ1) is 9.44. The maximum absolute atomic E-state index is 10.6. The highest BCUT2D eigenvalue weighted by molar-refractivity contribution is 5.90. The number of nitrogen functional groups attached to an aromatic ring is 1. The van der Waals surface area contributed by atoms with E-state index in [4.69, 9.17) is 10.8 Å². The Kier molecular flexibility index (Phi) is 2.46. The number of aromatic nitrogens is 2. The molecule has 0 bridgehead atoms. The highest BCUT2D eigenvalue weighted by Gasteiger charge is 2.12. The van der Waals surface area contributed by atoms with E-state index in [9.17, 15) is 4.79 Å². The van der Waals surface area contributed by atoms with Crippen molar-refractivity contribution in [2.75, 3.05) is 5.73 Å². The van der Waals surface area contributed by atoms with Crippen LogP contribution in [0.2, 0.25) is 0 Å². The van der Waals surface area contributed by atoms with E-state index in [0.29, 0.717) is 5.82 Å². The minimum Gasteiger partial charge on any atom is -0.476 e. The lowest BCUT2D eigenvalue weighted by Crippen LogP contribution is -2.10. The van der Waals surface area contributed by atoms with Crippen molar-refractivity contribution in [3.8, 4) is 0 Å². The number of anilines is 1. The zero-order valence-corrected chi connectivity index (χ0v) is 7.48. The fourth-order valence-corrected chi connectivity index (χ4v) is 0.854. The highest BCUT2D eigenvalue weighted by atomic mass is 16.4. The molecule has 0 fully saturated rings. The van der Waals surface area contributed by atoms with Gasteiger partial charge in [0.05, 0.1) is 11.9 Å². The second kappa shape index (κ2) is 3.38. The van der Waals surface area contributed by atoms with E-state index in [-0.39, 0.29) is 17.3 Å². The summed E-state index contributed by atoms with van der Waals surface area (Å²) >= 11 is 0. The number of nitrogens with two attached hydrogens (primary N) is 1. The first-order chi connectivity index (χ1) is 6.02. The maximum atomic E-state index is 10.6. The van der Waals surface area contributed by atoms with Gasteiger partial charge in [-0.25, -0.2) is 14.8 Å². The van der Waals surface area contributed by atoms with Crippen LogP contribution in [0.25, 0.3) is 0 Å². The van der Waals surface area contributed by atoms with Crippen LogP contribution in [0.3, 0.4) is 0 Å². The van der Waals surface area contributed by atoms with Crippen molar-refractivity contribution in [2.24, 2.45) is 0 Å². The van der Waals surface area contributed by atoms with E-state index < -0.39 is 5.97 Å². The second-order valence-electron chi connectivity index (χ2n) is 2.99. The molecule has 1 rings (SSSR count). The number of hydrogen-bond donors (Lipinski definition) is 2. The Morgan fingerprint density at radius 1 is 1.62 bits per heavy atom. The summed E-state index contributed by atoms with van der Waals surface area (Å²) in [6, 6.07) is 0. The standard InChI is InChI=1S/C8H11N3O2/c1-4(2)7-10-3-5(9)6(11-7)8(12)13/h3-4H,9H2,1-2H3,(H,12,13). The van der Waals surface area contributed by atoms with E-state index in [1.54, 1.807) is 0 Å². The van der Waals surface area contributed by atoms with Gasteiger partial charge in [-0.15, -0.1) is 0 Å². The number of nitrogens with zero attached hydrogens (tertiary/aromatic N) is 2. The Bertz CT molecular complexity index is 336. The lowest BCUT2D eigenvalue weighted by molar-refractivity contribution is 0.0691. The van der Waals surface area contributed by atoms with Crippen LogP contribution in [-0.4, -0.2) is 21.0 Å². The average Bonchev–Trinajstić information content (AvgIpc) is 2.04. The summed E-state index contributed by atoms with van der Waals surface area (Å²) in [6.45, 7) is 3.77. The SMILES string of the molecule is CC(C)c1ncc(N)c(C(=O)O)n1. The quantitative estimate of drug-likeness (QED) is 0.706. The summed E-state index contributed by atoms with van der Waals surface area (Å²) in [4.78, 5) is 18.4. The topological polar surface area (TPSA) is 89.1 Å². The minimum absolute atomic E-state index is 0.0944. The van der Waals surface area contributed by atoms with Crippen molar-refractivity contribution < 1.29 is 9.90 Å². The fraction of sp³-hybridized carbons (Fsp3) is 0.375. The normalized spacial score (nSPS) is 10.4. The van der Waals surface area contributed by atoms with Gasteiger partial charge in [-0.2, -0.15) is 0 Å². The minimum atomic E-state index is -1.12. The number of aromatic carboxylic acids is 1. The average molecular weight is 181 g/mol. The van der Waals surface area contributed by atoms with Crippen molar-refractivity contribution in [3.05, 3.63) is 17.7 Å². The van der Waals surface area contributed by atoms with Crippen LogP contribution in [-0.2, 0) is 0 Å². The van der Waals surface area contributed by atoms with Crippen LogP contribution < -0.4 is 5.73 Å². The first-order valence-electron chi connectivity index (χ1n) is 3.88. The molecule has 0 saturated carbocycles. The van der Waals surface area contributed by atoms with Crippen LogP contribution in [0.5, 0.6) is 0 Å². The maximum Gasteiger partial charge on any atom is 0.356 e. The number of carboxylic acid groups (broad SMARTS) is 1. The number of rotatable bonds is 2. The predicted molar refractivity (Wildman–Crippen MR) is 47.5 cm³/mol. The molecule has 3 N–H and O–H groups in total. The molecule has 1 aromatic rings. The van der Waals surface area contributed by atoms with Gasteiger partial charge in [0.15, 0.2) is 5.69 Å². The lowest BCUT2D eigenvalue weighted by Gasteiger charge is -2.05. The Hall–Kier alpha value is -1.65. The molecule has 0 aliphatic heterocycles. The van der Waals surface area contributed by atoms with Crippen molar-refractivity contribution >= 4 is 11.7 Å². The van der Waals surface area contributed by atoms with Gasteiger partial charge in [-0.05, 0) is 0 Å². The lowest BCUT2D eigenvalue weighted by atomic mass is 10.2. The van der Waals surface area contributed by atoms with E-state index in [0.717, 1.165) is 0 Å². The van der Waals surface area contributed by atoms with Crippen LogP contribution in [0.4, 0.5) is 5.69 Å². The van der Waals surface area contributed by atoms with Gasteiger partial charge >= 0.3 is 5.97 Å². The zero-order chi connectivity index (χ0) is 10.0. The van der Waals surface area contributed by atoms with Crippen LogP contribution in [0.15, 0.2) is 6.20 Å². The third-order valence-corrected chi connectivity index (χ3v) is 1.55. The number of hydrogen-bond acceptors (Lipinski definition) is 4. The van der Waals surface area contributed by atoms with Crippen LogP contribution >= 0.6 is 0 Å². The molecule has 1 aromatic heterocycles. The molecule has 0 aliphatic carbocycles. The molecule has 0 radical (unpaired) electrons. The predicted octanol–water partition coefficient (Wildman–Crippen LogP) is 0.880. The molecular weight excluding hydrogens is 170 g/mol. The Morgan fingerprint density at radius 3 is 2.69 bits per heavy atom. The van der Waals surface area contributed by atoms with Gasteiger partial charge in [-0.3, -0.25) is 0 Å². The van der Waals surface area contributed by atoms with Gasteiger partial charge in [0.2, 0.25) is 0 Å². The van der Waals surface area contributed by atoms with Gasteiger partial charge in [0, 0.05) is 5.92 Å². The first-order valence-corrected chi connectivity index (χ1v) is 3.88. The molecule has 5 heteroatoms. The van der Waals surface area contributed by atoms with E-state index in [1.807, 2.05) is 13.8 Å². The van der Waals surface area contributed by atoms with Crippen molar-refractivity contribution in [1.29, 1.82) is 0 Å². The Morgan fingerprint density at radius 2 is 2.23 bits per heavy atom. The van der Waals surface area contributed by atoms with Crippen molar-refractivity contribution in [3.63, 3.8) is 0 Å². The number of carbonyl (C=O) groups is 1. The Balaban J connectivity index is 3.19. The van der Waals surface area contributed by atoms with Crippen LogP contribution in [0, 0.1) is 0 Å². The fourth-order valence-electron chi connectivity index (χ4n) is 0.854. The molecule has 0 saturated heterocycles. The van der Waals surface area contributed by atoms with E-state index in [1.165, 1.54) is 6.20 Å². The molecule has 1 heterocycles. The number of carboxylic acids is 1. The summed E-state index contributed by atoms with van der Waals surface area (Å²) in [7, 11) is 0. The summed E-state index contributed by atoms with van der Waals surface area (Å²) in [5.74, 6) is -0.535. The largest absolute Gasteiger partial charge is 0.476 e. The Labute approximate surface area is 75.6 Å². The second-order valence-corrected chi connectivity index (χ2v) is 2.99. The third-order valence-electron chi connectivity index (χ3n) is 1.55. The summed E-state index contributed by atoms with van der Waals surface area (Å²) < 4.78 is 0. The van der Waals surface area contributed by atoms with Gasteiger partial charge in [0.25, 0.3) is 0 Å². The molecule has 13 heavy (non-hydrogen) atoms. The summed E-state index contributed by atoms with van der Waals surface area (Å²) in [5.41, 5.74) is 5.35. The molecule has 5 nitrogen and oxygen atoms in total. The summed E-state index contributed by atoms with van der Waals surface area (Å²) in [5, 5.41) is 8.70. The van der Waals surface area contributed by atoms with Gasteiger partial charge < -0.3 is 10.8 Å².